The van der Waals surface area contributed by atoms with E-state index in [1.807, 2.05) is 0 Å². The molecule has 146 valence electrons. The molecule has 2 aliphatic heterocycles. The van der Waals surface area contributed by atoms with E-state index in [0.29, 0.717) is 17.1 Å². The van der Waals surface area contributed by atoms with Crippen molar-refractivity contribution in [2.24, 2.45) is 0 Å². The Bertz CT molecular complexity index is 917. The van der Waals surface area contributed by atoms with Gasteiger partial charge in [0.25, 0.3) is 5.91 Å². The number of halogens is 1. The van der Waals surface area contributed by atoms with Gasteiger partial charge in [0, 0.05) is 12.0 Å². The summed E-state index contributed by atoms with van der Waals surface area (Å²) in [7, 11) is 1.26. The molecule has 28 heavy (non-hydrogen) atoms. The molecule has 1 amide bonds. The van der Waals surface area contributed by atoms with Crippen LogP contribution >= 0.6 is 0 Å². The number of carbonyl (C=O) groups excluding carboxylic acids is 2. The van der Waals surface area contributed by atoms with Gasteiger partial charge in [-0.2, -0.15) is 0 Å². The quantitative estimate of drug-likeness (QED) is 0.750. The Morgan fingerprint density at radius 2 is 1.93 bits per heavy atom. The van der Waals surface area contributed by atoms with Gasteiger partial charge in [0.2, 0.25) is 6.79 Å². The van der Waals surface area contributed by atoms with E-state index in [-0.39, 0.29) is 31.4 Å². The molecule has 0 spiro atoms. The zero-order valence-electron chi connectivity index (χ0n) is 15.1. The molecule has 0 bridgehead atoms. The monoisotopic (exact) mass is 387 g/mol. The predicted molar refractivity (Wildman–Crippen MR) is 94.8 cm³/mol. The van der Waals surface area contributed by atoms with E-state index in [9.17, 15) is 14.0 Å². The average Bonchev–Trinajstić information content (AvgIpc) is 3.35. The Morgan fingerprint density at radius 1 is 1.14 bits per heavy atom. The minimum Gasteiger partial charge on any atom is -0.485 e. The Morgan fingerprint density at radius 3 is 2.71 bits per heavy atom. The summed E-state index contributed by atoms with van der Waals surface area (Å²) in [6.45, 7) is 0.224. The van der Waals surface area contributed by atoms with E-state index in [1.54, 1.807) is 30.3 Å². The molecule has 0 aromatic heterocycles. The van der Waals surface area contributed by atoms with Gasteiger partial charge in [0.05, 0.1) is 13.7 Å². The first-order chi connectivity index (χ1) is 13.6. The van der Waals surface area contributed by atoms with Gasteiger partial charge in [-0.1, -0.05) is 12.1 Å². The highest BCUT2D eigenvalue weighted by molar-refractivity contribution is 5.97. The number of para-hydroxylation sites is 1. The van der Waals surface area contributed by atoms with Crippen LogP contribution in [0.5, 0.6) is 17.2 Å². The second kappa shape index (κ2) is 7.38. The van der Waals surface area contributed by atoms with Crippen LogP contribution in [0.25, 0.3) is 0 Å². The maximum atomic E-state index is 13.9. The standard InChI is InChI=1S/C20H18FNO6/c1-25-20(24)15-9-13(28-16-5-3-2-4-14(16)21)10-22(15)19(23)12-6-7-17-18(8-12)27-11-26-17/h2-8,13,15H,9-11H2,1H3/t13-,15-/m0/s1. The van der Waals surface area contributed by atoms with Gasteiger partial charge in [-0.05, 0) is 30.3 Å². The van der Waals surface area contributed by atoms with E-state index in [4.69, 9.17) is 18.9 Å². The summed E-state index contributed by atoms with van der Waals surface area (Å²) in [5.41, 5.74) is 0.352. The number of esters is 1. The molecular formula is C20H18FNO6. The first-order valence-corrected chi connectivity index (χ1v) is 8.76. The lowest BCUT2D eigenvalue weighted by Gasteiger charge is -2.22. The van der Waals surface area contributed by atoms with Crippen LogP contribution in [0.4, 0.5) is 4.39 Å². The maximum Gasteiger partial charge on any atom is 0.328 e. The van der Waals surface area contributed by atoms with Crippen LogP contribution in [0.15, 0.2) is 42.5 Å². The van der Waals surface area contributed by atoms with Crippen molar-refractivity contribution in [3.05, 3.63) is 53.8 Å². The maximum absolute atomic E-state index is 13.9. The highest BCUT2D eigenvalue weighted by Gasteiger charge is 2.42. The number of amides is 1. The highest BCUT2D eigenvalue weighted by atomic mass is 19.1. The van der Waals surface area contributed by atoms with Gasteiger partial charge >= 0.3 is 5.97 Å². The summed E-state index contributed by atoms with van der Waals surface area (Å²) in [5.74, 6) is -0.310. The Hall–Kier alpha value is -3.29. The molecule has 2 heterocycles. The fraction of sp³-hybridized carbons (Fsp3) is 0.300. The second-order valence-corrected chi connectivity index (χ2v) is 6.47. The van der Waals surface area contributed by atoms with Gasteiger partial charge in [-0.25, -0.2) is 9.18 Å². The van der Waals surface area contributed by atoms with Gasteiger partial charge in [0.1, 0.15) is 12.1 Å². The van der Waals surface area contributed by atoms with Crippen molar-refractivity contribution in [1.29, 1.82) is 0 Å². The summed E-state index contributed by atoms with van der Waals surface area (Å²) in [5, 5.41) is 0. The molecule has 2 aromatic carbocycles. The van der Waals surface area contributed by atoms with Crippen molar-refractivity contribution in [2.75, 3.05) is 20.4 Å². The van der Waals surface area contributed by atoms with E-state index in [1.165, 1.54) is 24.1 Å². The molecular weight excluding hydrogens is 369 g/mol. The number of nitrogens with zero attached hydrogens (tertiary/aromatic N) is 1. The number of likely N-dealkylation sites (tertiary alicyclic amines) is 1. The van der Waals surface area contributed by atoms with Crippen LogP contribution in [0.3, 0.4) is 0 Å². The molecule has 0 saturated carbocycles. The molecule has 7 nitrogen and oxygen atoms in total. The molecule has 0 N–H and O–H groups in total. The van der Waals surface area contributed by atoms with E-state index in [2.05, 4.69) is 0 Å². The number of methoxy groups -OCH3 is 1. The third kappa shape index (κ3) is 3.33. The lowest BCUT2D eigenvalue weighted by molar-refractivity contribution is -0.145. The number of hydrogen-bond acceptors (Lipinski definition) is 6. The topological polar surface area (TPSA) is 74.3 Å². The third-order valence-corrected chi connectivity index (χ3v) is 4.75. The van der Waals surface area contributed by atoms with E-state index >= 15 is 0 Å². The predicted octanol–water partition coefficient (Wildman–Crippen LogP) is 2.39. The summed E-state index contributed by atoms with van der Waals surface area (Å²) < 4.78 is 35.0. The summed E-state index contributed by atoms with van der Waals surface area (Å²) in [6.07, 6.45) is -0.337. The zero-order valence-corrected chi connectivity index (χ0v) is 15.1. The number of carbonyl (C=O) groups is 2. The van der Waals surface area contributed by atoms with Gasteiger partial charge in [-0.15, -0.1) is 0 Å². The summed E-state index contributed by atoms with van der Waals surface area (Å²) in [4.78, 5) is 26.6. The van der Waals surface area contributed by atoms with Crippen LogP contribution in [-0.2, 0) is 9.53 Å². The van der Waals surface area contributed by atoms with Crippen LogP contribution in [0.1, 0.15) is 16.8 Å². The fourth-order valence-corrected chi connectivity index (χ4v) is 3.38. The van der Waals surface area contributed by atoms with Crippen LogP contribution in [0.2, 0.25) is 0 Å². The number of hydrogen-bond donors (Lipinski definition) is 0. The average molecular weight is 387 g/mol. The van der Waals surface area contributed by atoms with Crippen molar-refractivity contribution in [1.82, 2.24) is 4.90 Å². The summed E-state index contributed by atoms with van der Waals surface area (Å²) >= 11 is 0. The van der Waals surface area contributed by atoms with Crippen molar-refractivity contribution in [3.63, 3.8) is 0 Å². The minimum absolute atomic E-state index is 0.0773. The largest absolute Gasteiger partial charge is 0.485 e. The lowest BCUT2D eigenvalue weighted by Crippen LogP contribution is -2.41. The Kier molecular flexibility index (Phi) is 4.77. The van der Waals surface area contributed by atoms with Crippen LogP contribution in [0, 0.1) is 5.82 Å². The molecule has 1 saturated heterocycles. The third-order valence-electron chi connectivity index (χ3n) is 4.75. The van der Waals surface area contributed by atoms with Crippen molar-refractivity contribution in [3.8, 4) is 17.2 Å². The first-order valence-electron chi connectivity index (χ1n) is 8.76. The second-order valence-electron chi connectivity index (χ2n) is 6.47. The smallest absolute Gasteiger partial charge is 0.328 e. The van der Waals surface area contributed by atoms with E-state index in [0.717, 1.165) is 0 Å². The fourth-order valence-electron chi connectivity index (χ4n) is 3.38. The van der Waals surface area contributed by atoms with Gasteiger partial charge in [0.15, 0.2) is 23.1 Å². The molecule has 2 atom stereocenters. The molecule has 1 fully saturated rings. The zero-order chi connectivity index (χ0) is 19.7. The number of fused-ring (bicyclic) bond motifs is 1. The normalized spacial score (nSPS) is 20.1. The van der Waals surface area contributed by atoms with Gasteiger partial charge in [-0.3, -0.25) is 4.79 Å². The molecule has 4 rings (SSSR count). The summed E-state index contributed by atoms with van der Waals surface area (Å²) in [6, 6.07) is 10.0. The molecule has 0 aliphatic carbocycles. The SMILES string of the molecule is COC(=O)[C@@H]1C[C@H](Oc2ccccc2F)CN1C(=O)c1ccc2c(c1)OCO2. The molecule has 0 radical (unpaired) electrons. The number of ether oxygens (including phenoxy) is 4. The van der Waals surface area contributed by atoms with Crippen LogP contribution in [-0.4, -0.2) is 49.4 Å². The molecule has 2 aliphatic rings. The molecule has 2 aromatic rings. The van der Waals surface area contributed by atoms with Crippen molar-refractivity contribution in [2.45, 2.75) is 18.6 Å². The lowest BCUT2D eigenvalue weighted by atomic mass is 10.1. The van der Waals surface area contributed by atoms with Crippen molar-refractivity contribution < 1.29 is 32.9 Å². The van der Waals surface area contributed by atoms with Crippen molar-refractivity contribution >= 4 is 11.9 Å². The molecule has 0 unspecified atom stereocenters. The first kappa shape index (κ1) is 18.1. The number of rotatable bonds is 4. The van der Waals surface area contributed by atoms with Crippen LogP contribution < -0.4 is 14.2 Å². The van der Waals surface area contributed by atoms with E-state index < -0.39 is 23.9 Å². The number of benzene rings is 2. The van der Waals surface area contributed by atoms with Gasteiger partial charge < -0.3 is 23.8 Å². The Labute approximate surface area is 160 Å². The minimum atomic E-state index is -0.820. The Balaban J connectivity index is 1.56. The highest BCUT2D eigenvalue weighted by Crippen LogP contribution is 2.34. The molecule has 8 heteroatoms.